The standard InChI is InChI=1S/C21H18ClN5O3/c1-3-13-8-16(29-18-11-19-26(2)6-7-27(19)21(28)25-18)9-14(12-23)20(13)30-15-4-5-24-17(22)10-15/h4-5,8-11H,3,6-7H2,1-2H3. The Morgan fingerprint density at radius 3 is 2.77 bits per heavy atom. The van der Waals surface area contributed by atoms with Gasteiger partial charge in [-0.05, 0) is 24.1 Å². The van der Waals surface area contributed by atoms with E-state index < -0.39 is 0 Å². The SMILES string of the molecule is CCc1cc(Oc2cc3n(c(=O)n2)CCN3C)cc(C#N)c1Oc1ccnc(Cl)c1. The number of aryl methyl sites for hydroxylation is 1. The van der Waals surface area contributed by atoms with Crippen LogP contribution in [0.4, 0.5) is 5.82 Å². The number of anilines is 1. The molecule has 0 unspecified atom stereocenters. The molecule has 0 radical (unpaired) electrons. The number of nitriles is 1. The van der Waals surface area contributed by atoms with Gasteiger partial charge in [0.1, 0.15) is 34.3 Å². The van der Waals surface area contributed by atoms with Crippen molar-refractivity contribution in [3.63, 3.8) is 0 Å². The summed E-state index contributed by atoms with van der Waals surface area (Å²) in [4.78, 5) is 22.2. The Bertz CT molecular complexity index is 1220. The number of ether oxygens (including phenoxy) is 2. The topological polar surface area (TPSA) is 93.3 Å². The van der Waals surface area contributed by atoms with Crippen LogP contribution in [0.1, 0.15) is 18.1 Å². The quantitative estimate of drug-likeness (QED) is 0.576. The van der Waals surface area contributed by atoms with Crippen molar-refractivity contribution < 1.29 is 9.47 Å². The Labute approximate surface area is 177 Å². The molecule has 1 aliphatic rings. The lowest BCUT2D eigenvalue weighted by atomic mass is 10.1. The minimum absolute atomic E-state index is 0.181. The molecular formula is C21H18ClN5O3. The lowest BCUT2D eigenvalue weighted by molar-refractivity contribution is 0.448. The van der Waals surface area contributed by atoms with Crippen molar-refractivity contribution in [2.75, 3.05) is 18.5 Å². The molecule has 0 spiro atoms. The minimum Gasteiger partial charge on any atom is -0.456 e. The number of hydrogen-bond acceptors (Lipinski definition) is 7. The molecule has 30 heavy (non-hydrogen) atoms. The van der Waals surface area contributed by atoms with E-state index in [0.29, 0.717) is 40.9 Å². The van der Waals surface area contributed by atoms with Crippen LogP contribution in [0.3, 0.4) is 0 Å². The second-order valence-corrected chi connectivity index (χ2v) is 7.14. The van der Waals surface area contributed by atoms with Crippen molar-refractivity contribution in [2.45, 2.75) is 19.9 Å². The Morgan fingerprint density at radius 1 is 1.20 bits per heavy atom. The predicted octanol–water partition coefficient (Wildman–Crippen LogP) is 3.76. The Kier molecular flexibility index (Phi) is 5.29. The van der Waals surface area contributed by atoms with Crippen molar-refractivity contribution in [3.05, 3.63) is 63.3 Å². The fourth-order valence-electron chi connectivity index (χ4n) is 3.29. The fraction of sp³-hybridized carbons (Fsp3) is 0.238. The van der Waals surface area contributed by atoms with E-state index in [0.717, 1.165) is 17.9 Å². The lowest BCUT2D eigenvalue weighted by Gasteiger charge is -2.15. The summed E-state index contributed by atoms with van der Waals surface area (Å²) in [5.74, 6) is 2.24. The first-order valence-electron chi connectivity index (χ1n) is 9.35. The molecule has 9 heteroatoms. The lowest BCUT2D eigenvalue weighted by Crippen LogP contribution is -2.21. The smallest absolute Gasteiger partial charge is 0.352 e. The highest BCUT2D eigenvalue weighted by Gasteiger charge is 2.20. The third-order valence-electron chi connectivity index (χ3n) is 4.80. The summed E-state index contributed by atoms with van der Waals surface area (Å²) in [6, 6.07) is 10.4. The number of hydrogen-bond donors (Lipinski definition) is 0. The average Bonchev–Trinajstić information content (AvgIpc) is 3.10. The van der Waals surface area contributed by atoms with Gasteiger partial charge in [-0.25, -0.2) is 9.78 Å². The number of pyridine rings is 1. The molecule has 0 fully saturated rings. The van der Waals surface area contributed by atoms with E-state index >= 15 is 0 Å². The molecule has 3 aromatic rings. The molecule has 8 nitrogen and oxygen atoms in total. The zero-order valence-corrected chi connectivity index (χ0v) is 17.2. The summed E-state index contributed by atoms with van der Waals surface area (Å²) in [5.41, 5.74) is 0.705. The molecule has 2 aromatic heterocycles. The van der Waals surface area contributed by atoms with Crippen LogP contribution in [0, 0.1) is 11.3 Å². The van der Waals surface area contributed by atoms with E-state index in [4.69, 9.17) is 21.1 Å². The molecule has 0 N–H and O–H groups in total. The number of rotatable bonds is 5. The van der Waals surface area contributed by atoms with Gasteiger partial charge < -0.3 is 14.4 Å². The summed E-state index contributed by atoms with van der Waals surface area (Å²) in [5, 5.41) is 9.96. The summed E-state index contributed by atoms with van der Waals surface area (Å²) < 4.78 is 13.4. The first-order chi connectivity index (χ1) is 14.5. The van der Waals surface area contributed by atoms with Crippen molar-refractivity contribution in [1.29, 1.82) is 5.26 Å². The monoisotopic (exact) mass is 423 g/mol. The average molecular weight is 424 g/mol. The summed E-state index contributed by atoms with van der Waals surface area (Å²) >= 11 is 5.92. The first-order valence-corrected chi connectivity index (χ1v) is 9.73. The summed E-state index contributed by atoms with van der Waals surface area (Å²) in [7, 11) is 1.91. The van der Waals surface area contributed by atoms with Gasteiger partial charge in [-0.1, -0.05) is 18.5 Å². The Balaban J connectivity index is 1.69. The van der Waals surface area contributed by atoms with E-state index in [-0.39, 0.29) is 11.6 Å². The third kappa shape index (κ3) is 3.80. The molecule has 1 aliphatic heterocycles. The number of aromatic nitrogens is 3. The largest absolute Gasteiger partial charge is 0.456 e. The second kappa shape index (κ2) is 8.05. The van der Waals surface area contributed by atoms with Gasteiger partial charge in [0.05, 0.1) is 5.56 Å². The highest BCUT2D eigenvalue weighted by atomic mass is 35.5. The number of benzene rings is 1. The van der Waals surface area contributed by atoms with Crippen molar-refractivity contribution >= 4 is 17.4 Å². The molecule has 4 rings (SSSR count). The molecule has 3 heterocycles. The van der Waals surface area contributed by atoms with Gasteiger partial charge in [0, 0.05) is 44.5 Å². The van der Waals surface area contributed by atoms with E-state index in [1.54, 1.807) is 34.9 Å². The Hall–Kier alpha value is -3.57. The molecular weight excluding hydrogens is 406 g/mol. The molecule has 0 amide bonds. The van der Waals surface area contributed by atoms with Gasteiger partial charge >= 0.3 is 5.69 Å². The summed E-state index contributed by atoms with van der Waals surface area (Å²) in [6.45, 7) is 3.28. The van der Waals surface area contributed by atoms with E-state index in [9.17, 15) is 10.1 Å². The molecule has 0 bridgehead atoms. The van der Waals surface area contributed by atoms with Crippen molar-refractivity contribution in [1.82, 2.24) is 14.5 Å². The van der Waals surface area contributed by atoms with Crippen LogP contribution in [-0.4, -0.2) is 28.1 Å². The molecule has 0 saturated carbocycles. The van der Waals surface area contributed by atoms with Crippen LogP contribution in [-0.2, 0) is 13.0 Å². The van der Waals surface area contributed by atoms with Crippen LogP contribution in [0.2, 0.25) is 5.15 Å². The molecule has 0 saturated heterocycles. The van der Waals surface area contributed by atoms with E-state index in [2.05, 4.69) is 16.0 Å². The van der Waals surface area contributed by atoms with Crippen LogP contribution in [0.25, 0.3) is 0 Å². The Morgan fingerprint density at radius 2 is 2.03 bits per heavy atom. The maximum absolute atomic E-state index is 12.3. The zero-order valence-electron chi connectivity index (χ0n) is 16.4. The summed E-state index contributed by atoms with van der Waals surface area (Å²) in [6.07, 6.45) is 2.13. The number of nitrogens with zero attached hydrogens (tertiary/aromatic N) is 5. The first kappa shape index (κ1) is 19.7. The van der Waals surface area contributed by atoms with Crippen LogP contribution >= 0.6 is 11.6 Å². The van der Waals surface area contributed by atoms with Crippen LogP contribution < -0.4 is 20.1 Å². The van der Waals surface area contributed by atoms with Crippen molar-refractivity contribution in [3.8, 4) is 29.2 Å². The molecule has 0 aliphatic carbocycles. The zero-order chi connectivity index (χ0) is 21.3. The van der Waals surface area contributed by atoms with E-state index in [1.165, 1.54) is 6.20 Å². The number of halogens is 1. The van der Waals surface area contributed by atoms with Gasteiger partial charge in [0.15, 0.2) is 0 Å². The van der Waals surface area contributed by atoms with E-state index in [1.807, 2.05) is 18.9 Å². The van der Waals surface area contributed by atoms with Gasteiger partial charge in [0.25, 0.3) is 0 Å². The van der Waals surface area contributed by atoms with Gasteiger partial charge in [-0.3, -0.25) is 4.57 Å². The fourth-order valence-corrected chi connectivity index (χ4v) is 3.45. The molecule has 0 atom stereocenters. The highest BCUT2D eigenvalue weighted by molar-refractivity contribution is 6.29. The second-order valence-electron chi connectivity index (χ2n) is 6.75. The molecule has 152 valence electrons. The van der Waals surface area contributed by atoms with Crippen LogP contribution in [0.15, 0.2) is 41.3 Å². The van der Waals surface area contributed by atoms with Gasteiger partial charge in [-0.2, -0.15) is 10.2 Å². The van der Waals surface area contributed by atoms with Crippen LogP contribution in [0.5, 0.6) is 23.1 Å². The maximum Gasteiger partial charge on any atom is 0.352 e. The maximum atomic E-state index is 12.3. The highest BCUT2D eigenvalue weighted by Crippen LogP contribution is 2.35. The normalized spacial score (nSPS) is 12.4. The number of likely N-dealkylation sites (N-methyl/N-ethyl adjacent to an activating group) is 1. The predicted molar refractivity (Wildman–Crippen MR) is 112 cm³/mol. The van der Waals surface area contributed by atoms with Gasteiger partial charge in [-0.15, -0.1) is 0 Å². The number of fused-ring (bicyclic) bond motifs is 1. The molecule has 1 aromatic carbocycles. The minimum atomic E-state index is -0.363. The third-order valence-corrected chi connectivity index (χ3v) is 5.00. The van der Waals surface area contributed by atoms with Crippen molar-refractivity contribution in [2.24, 2.45) is 0 Å². The van der Waals surface area contributed by atoms with Gasteiger partial charge in [0.2, 0.25) is 5.88 Å².